The summed E-state index contributed by atoms with van der Waals surface area (Å²) >= 11 is 0. The second-order valence-electron chi connectivity index (χ2n) is 6.84. The van der Waals surface area contributed by atoms with Crippen molar-refractivity contribution in [3.63, 3.8) is 0 Å². The number of hydrogen-bond donors (Lipinski definition) is 1. The van der Waals surface area contributed by atoms with Gasteiger partial charge in [0.05, 0.1) is 17.9 Å². The molecule has 140 valence electrons. The molecule has 2 atom stereocenters. The van der Waals surface area contributed by atoms with Crippen LogP contribution in [-0.2, 0) is 29.7 Å². The van der Waals surface area contributed by atoms with Crippen LogP contribution in [0.3, 0.4) is 0 Å². The molecular formula is C20H23N5O2. The van der Waals surface area contributed by atoms with E-state index in [0.29, 0.717) is 13.2 Å². The van der Waals surface area contributed by atoms with Crippen LogP contribution in [0, 0.1) is 5.92 Å². The van der Waals surface area contributed by atoms with E-state index in [2.05, 4.69) is 39.7 Å². The number of imidazole rings is 1. The van der Waals surface area contributed by atoms with E-state index in [0.717, 1.165) is 24.2 Å². The second-order valence-corrected chi connectivity index (χ2v) is 6.84. The first-order valence-corrected chi connectivity index (χ1v) is 9.11. The number of carbonyl (C=O) groups excluding carboxylic acids is 1. The zero-order chi connectivity index (χ0) is 18.6. The largest absolute Gasteiger partial charge is 0.371 e. The quantitative estimate of drug-likeness (QED) is 0.726. The first kappa shape index (κ1) is 17.5. The normalized spacial score (nSPS) is 19.3. The number of nitrogens with one attached hydrogen (secondary N) is 1. The smallest absolute Gasteiger partial charge is 0.226 e. The molecule has 0 aliphatic carbocycles. The van der Waals surface area contributed by atoms with Gasteiger partial charge in [0, 0.05) is 45.3 Å². The summed E-state index contributed by atoms with van der Waals surface area (Å²) in [5, 5.41) is 7.24. The van der Waals surface area contributed by atoms with Crippen molar-refractivity contribution in [2.45, 2.75) is 25.6 Å². The van der Waals surface area contributed by atoms with Crippen molar-refractivity contribution in [3.8, 4) is 0 Å². The Hall–Kier alpha value is -2.93. The fraction of sp³-hybridized carbons (Fsp3) is 0.350. The van der Waals surface area contributed by atoms with Crippen molar-refractivity contribution in [2.24, 2.45) is 13.0 Å². The molecule has 1 N–H and O–H groups in total. The van der Waals surface area contributed by atoms with Crippen molar-refractivity contribution in [3.05, 3.63) is 72.1 Å². The van der Waals surface area contributed by atoms with Crippen molar-refractivity contribution in [1.82, 2.24) is 24.6 Å². The van der Waals surface area contributed by atoms with E-state index in [1.807, 2.05) is 23.9 Å². The number of ether oxygens (including phenoxy) is 1. The van der Waals surface area contributed by atoms with E-state index in [-0.39, 0.29) is 17.9 Å². The van der Waals surface area contributed by atoms with Crippen LogP contribution in [0.2, 0.25) is 0 Å². The van der Waals surface area contributed by atoms with Gasteiger partial charge in [-0.15, -0.1) is 0 Å². The van der Waals surface area contributed by atoms with Crippen LogP contribution in [0.15, 0.2) is 55.2 Å². The number of hydrogen-bond acceptors (Lipinski definition) is 4. The maximum absolute atomic E-state index is 12.7. The Balaban J connectivity index is 1.34. The average Bonchev–Trinajstić information content (AvgIpc) is 3.42. The molecule has 1 saturated heterocycles. The van der Waals surface area contributed by atoms with Crippen LogP contribution in [0.4, 0.5) is 0 Å². The SMILES string of the molecule is Cn1nccc1[C@@H]1OCC[C@H]1C(=O)NCc1ccc(Cn2ccnc2)cc1. The van der Waals surface area contributed by atoms with Gasteiger partial charge in [0.25, 0.3) is 0 Å². The number of nitrogens with zero attached hydrogens (tertiary/aromatic N) is 4. The van der Waals surface area contributed by atoms with Gasteiger partial charge in [-0.1, -0.05) is 24.3 Å². The molecule has 3 heterocycles. The Morgan fingerprint density at radius 1 is 1.22 bits per heavy atom. The summed E-state index contributed by atoms with van der Waals surface area (Å²) in [6, 6.07) is 10.2. The lowest BCUT2D eigenvalue weighted by Crippen LogP contribution is -2.32. The molecular weight excluding hydrogens is 342 g/mol. The van der Waals surface area contributed by atoms with E-state index >= 15 is 0 Å². The van der Waals surface area contributed by atoms with Gasteiger partial charge in [0.2, 0.25) is 5.91 Å². The Labute approximate surface area is 158 Å². The molecule has 3 aromatic rings. The number of aromatic nitrogens is 4. The van der Waals surface area contributed by atoms with E-state index in [9.17, 15) is 4.79 Å². The molecule has 0 saturated carbocycles. The zero-order valence-electron chi connectivity index (χ0n) is 15.3. The lowest BCUT2D eigenvalue weighted by Gasteiger charge is -2.18. The molecule has 4 rings (SSSR count). The topological polar surface area (TPSA) is 74.0 Å². The Morgan fingerprint density at radius 3 is 2.74 bits per heavy atom. The molecule has 0 spiro atoms. The molecule has 1 aromatic carbocycles. The highest BCUT2D eigenvalue weighted by atomic mass is 16.5. The van der Waals surface area contributed by atoms with E-state index in [1.165, 1.54) is 5.56 Å². The molecule has 0 bridgehead atoms. The van der Waals surface area contributed by atoms with Crippen LogP contribution < -0.4 is 5.32 Å². The minimum Gasteiger partial charge on any atom is -0.371 e. The van der Waals surface area contributed by atoms with Gasteiger partial charge in [-0.25, -0.2) is 4.98 Å². The number of amides is 1. The van der Waals surface area contributed by atoms with Gasteiger partial charge >= 0.3 is 0 Å². The molecule has 7 nitrogen and oxygen atoms in total. The molecule has 27 heavy (non-hydrogen) atoms. The summed E-state index contributed by atoms with van der Waals surface area (Å²) in [6.07, 6.45) is 7.75. The lowest BCUT2D eigenvalue weighted by atomic mass is 9.98. The van der Waals surface area contributed by atoms with Gasteiger partial charge in [-0.2, -0.15) is 5.10 Å². The number of benzene rings is 1. The molecule has 0 unspecified atom stereocenters. The average molecular weight is 365 g/mol. The summed E-state index contributed by atoms with van der Waals surface area (Å²) in [7, 11) is 1.87. The van der Waals surface area contributed by atoms with Crippen LogP contribution in [0.25, 0.3) is 0 Å². The van der Waals surface area contributed by atoms with E-state index in [1.54, 1.807) is 23.4 Å². The standard InChI is InChI=1S/C20H23N5O2/c1-24-18(6-8-23-24)19-17(7-11-27-19)20(26)22-12-15-2-4-16(5-3-15)13-25-10-9-21-14-25/h2-6,8-10,14,17,19H,7,11-13H2,1H3,(H,22,26)/t17-,19-/m1/s1. The summed E-state index contributed by atoms with van der Waals surface area (Å²) in [5.41, 5.74) is 3.22. The third-order valence-electron chi connectivity index (χ3n) is 4.99. The van der Waals surface area contributed by atoms with Crippen LogP contribution in [-0.4, -0.2) is 31.8 Å². The molecule has 1 aliphatic heterocycles. The maximum Gasteiger partial charge on any atom is 0.226 e. The van der Waals surface area contributed by atoms with E-state index < -0.39 is 0 Å². The molecule has 2 aromatic heterocycles. The fourth-order valence-corrected chi connectivity index (χ4v) is 3.49. The maximum atomic E-state index is 12.7. The molecule has 7 heteroatoms. The Kier molecular flexibility index (Phi) is 5.02. The molecule has 1 amide bonds. The number of rotatable bonds is 6. The first-order valence-electron chi connectivity index (χ1n) is 9.11. The second kappa shape index (κ2) is 7.75. The van der Waals surface area contributed by atoms with Crippen LogP contribution in [0.1, 0.15) is 29.3 Å². The Morgan fingerprint density at radius 2 is 2.04 bits per heavy atom. The van der Waals surface area contributed by atoms with Gasteiger partial charge in [-0.3, -0.25) is 9.48 Å². The lowest BCUT2D eigenvalue weighted by molar-refractivity contribution is -0.127. The number of carbonyl (C=O) groups is 1. The van der Waals surface area contributed by atoms with Gasteiger partial charge in [0.15, 0.2) is 0 Å². The number of aryl methyl sites for hydroxylation is 1. The monoisotopic (exact) mass is 365 g/mol. The summed E-state index contributed by atoms with van der Waals surface area (Å²) in [5.74, 6) is -0.151. The van der Waals surface area contributed by atoms with Gasteiger partial charge < -0.3 is 14.6 Å². The molecule has 1 aliphatic rings. The van der Waals surface area contributed by atoms with Crippen LogP contribution in [0.5, 0.6) is 0 Å². The highest BCUT2D eigenvalue weighted by Crippen LogP contribution is 2.34. The molecule has 0 radical (unpaired) electrons. The van der Waals surface area contributed by atoms with Gasteiger partial charge in [-0.05, 0) is 23.6 Å². The predicted molar refractivity (Wildman–Crippen MR) is 99.6 cm³/mol. The highest BCUT2D eigenvalue weighted by Gasteiger charge is 2.36. The van der Waals surface area contributed by atoms with Crippen molar-refractivity contribution in [2.75, 3.05) is 6.61 Å². The highest BCUT2D eigenvalue weighted by molar-refractivity contribution is 5.79. The predicted octanol–water partition coefficient (Wildman–Crippen LogP) is 2.06. The first-order chi connectivity index (χ1) is 13.2. The van der Waals surface area contributed by atoms with Gasteiger partial charge in [0.1, 0.15) is 6.10 Å². The zero-order valence-corrected chi connectivity index (χ0v) is 15.3. The molecule has 1 fully saturated rings. The van der Waals surface area contributed by atoms with E-state index in [4.69, 9.17) is 4.74 Å². The minimum atomic E-state index is -0.227. The van der Waals surface area contributed by atoms with Crippen LogP contribution >= 0.6 is 0 Å². The Bertz CT molecular complexity index is 886. The van der Waals surface area contributed by atoms with Crippen molar-refractivity contribution >= 4 is 5.91 Å². The summed E-state index contributed by atoms with van der Waals surface area (Å²) < 4.78 is 9.60. The summed E-state index contributed by atoms with van der Waals surface area (Å²) in [4.78, 5) is 16.7. The van der Waals surface area contributed by atoms with Crippen molar-refractivity contribution in [1.29, 1.82) is 0 Å². The minimum absolute atomic E-state index is 0.0289. The fourth-order valence-electron chi connectivity index (χ4n) is 3.49. The summed E-state index contributed by atoms with van der Waals surface area (Å²) in [6.45, 7) is 1.90. The third-order valence-corrected chi connectivity index (χ3v) is 4.99. The third kappa shape index (κ3) is 3.93. The van der Waals surface area contributed by atoms with Crippen molar-refractivity contribution < 1.29 is 9.53 Å².